The van der Waals surface area contributed by atoms with Gasteiger partial charge >= 0.3 is 0 Å². The molecule has 1 fully saturated rings. The number of halogens is 1. The van der Waals surface area contributed by atoms with Gasteiger partial charge in [-0.1, -0.05) is 30.3 Å². The summed E-state index contributed by atoms with van der Waals surface area (Å²) in [6.07, 6.45) is 2.02. The van der Waals surface area contributed by atoms with E-state index in [-0.39, 0.29) is 24.0 Å². The predicted octanol–water partition coefficient (Wildman–Crippen LogP) is 2.54. The third-order valence-corrected chi connectivity index (χ3v) is 5.51. The fraction of sp³-hybridized carbons (Fsp3) is 0.500. The van der Waals surface area contributed by atoms with Crippen LogP contribution in [0.3, 0.4) is 0 Å². The summed E-state index contributed by atoms with van der Waals surface area (Å²) in [5.74, 6) is 0.821. The van der Waals surface area contributed by atoms with Crippen molar-refractivity contribution in [2.24, 2.45) is 4.99 Å². The Morgan fingerprint density at radius 3 is 2.71 bits per heavy atom. The number of ether oxygens (including phenoxy) is 1. The monoisotopic (exact) mass is 515 g/mol. The largest absolute Gasteiger partial charge is 0.379 e. The number of rotatable bonds is 8. The lowest BCUT2D eigenvalue weighted by Gasteiger charge is -2.26. The average molecular weight is 515 g/mol. The van der Waals surface area contributed by atoms with E-state index in [0.29, 0.717) is 6.54 Å². The van der Waals surface area contributed by atoms with Crippen LogP contribution in [0.15, 0.2) is 40.7 Å². The van der Waals surface area contributed by atoms with Crippen LogP contribution in [0.5, 0.6) is 0 Å². The fourth-order valence-electron chi connectivity index (χ4n) is 2.99. The molecule has 0 saturated carbocycles. The molecule has 0 radical (unpaired) electrons. The number of guanidine groups is 1. The Labute approximate surface area is 188 Å². The van der Waals surface area contributed by atoms with Crippen molar-refractivity contribution < 1.29 is 4.74 Å². The number of aryl methyl sites for hydroxylation is 2. The summed E-state index contributed by atoms with van der Waals surface area (Å²) in [4.78, 5) is 11.4. The van der Waals surface area contributed by atoms with Crippen molar-refractivity contribution in [2.45, 2.75) is 19.4 Å². The van der Waals surface area contributed by atoms with Gasteiger partial charge in [0.05, 0.1) is 30.5 Å². The zero-order chi connectivity index (χ0) is 18.7. The highest BCUT2D eigenvalue weighted by Crippen LogP contribution is 2.13. The van der Waals surface area contributed by atoms with Gasteiger partial charge in [0, 0.05) is 45.0 Å². The van der Waals surface area contributed by atoms with Crippen LogP contribution in [-0.2, 0) is 24.1 Å². The van der Waals surface area contributed by atoms with Crippen LogP contribution in [0.2, 0.25) is 0 Å². The van der Waals surface area contributed by atoms with Crippen molar-refractivity contribution in [1.82, 2.24) is 20.5 Å². The minimum atomic E-state index is 0. The number of morpholine rings is 1. The molecule has 1 aromatic heterocycles. The number of hydrogen-bond acceptors (Lipinski definition) is 5. The number of aromatic nitrogens is 1. The van der Waals surface area contributed by atoms with Crippen LogP contribution in [0.4, 0.5) is 0 Å². The Balaban J connectivity index is 0.00000280. The zero-order valence-electron chi connectivity index (χ0n) is 16.4. The van der Waals surface area contributed by atoms with E-state index in [1.165, 1.54) is 10.6 Å². The van der Waals surface area contributed by atoms with E-state index in [9.17, 15) is 0 Å². The number of nitrogens with one attached hydrogen (secondary N) is 2. The predicted molar refractivity (Wildman–Crippen MR) is 127 cm³/mol. The van der Waals surface area contributed by atoms with E-state index < -0.39 is 0 Å². The van der Waals surface area contributed by atoms with Crippen LogP contribution in [0.25, 0.3) is 0 Å². The molecule has 1 aliphatic heterocycles. The molecule has 154 valence electrons. The summed E-state index contributed by atoms with van der Waals surface area (Å²) in [6, 6.07) is 10.6. The van der Waals surface area contributed by atoms with Crippen molar-refractivity contribution in [1.29, 1.82) is 0 Å². The maximum absolute atomic E-state index is 5.38. The number of thiazole rings is 1. The average Bonchev–Trinajstić information content (AvgIpc) is 3.18. The highest BCUT2D eigenvalue weighted by Gasteiger charge is 2.10. The van der Waals surface area contributed by atoms with Crippen molar-refractivity contribution in [3.8, 4) is 0 Å². The molecule has 28 heavy (non-hydrogen) atoms. The SMILES string of the molecule is CN=C(NCCN1CCOCC1)NCc1csc(CCc2ccccc2)n1.I. The van der Waals surface area contributed by atoms with E-state index in [4.69, 9.17) is 9.72 Å². The second kappa shape index (κ2) is 13.1. The highest BCUT2D eigenvalue weighted by atomic mass is 127. The first-order valence-electron chi connectivity index (χ1n) is 9.55. The van der Waals surface area contributed by atoms with Gasteiger partial charge < -0.3 is 15.4 Å². The quantitative estimate of drug-likeness (QED) is 0.322. The van der Waals surface area contributed by atoms with Gasteiger partial charge in [-0.25, -0.2) is 4.98 Å². The summed E-state index contributed by atoms with van der Waals surface area (Å²) in [5, 5.41) is 10.0. The molecule has 0 amide bonds. The topological polar surface area (TPSA) is 61.8 Å². The molecule has 1 aromatic carbocycles. The minimum absolute atomic E-state index is 0. The number of nitrogens with zero attached hydrogens (tertiary/aromatic N) is 3. The summed E-state index contributed by atoms with van der Waals surface area (Å²) in [6.45, 7) is 6.27. The van der Waals surface area contributed by atoms with Gasteiger partial charge in [0.15, 0.2) is 5.96 Å². The van der Waals surface area contributed by atoms with Crippen molar-refractivity contribution >= 4 is 41.3 Å². The van der Waals surface area contributed by atoms with Crippen LogP contribution in [-0.4, -0.2) is 62.3 Å². The van der Waals surface area contributed by atoms with Gasteiger partial charge in [0.25, 0.3) is 0 Å². The number of aliphatic imine (C=N–C) groups is 1. The summed E-state index contributed by atoms with van der Waals surface area (Å²) in [5.41, 5.74) is 2.43. The third-order valence-electron chi connectivity index (χ3n) is 4.55. The van der Waals surface area contributed by atoms with Gasteiger partial charge in [0.1, 0.15) is 0 Å². The lowest BCUT2D eigenvalue weighted by molar-refractivity contribution is 0.0389. The molecule has 2 aromatic rings. The normalized spacial score (nSPS) is 15.1. The van der Waals surface area contributed by atoms with E-state index in [1.807, 2.05) is 0 Å². The number of benzene rings is 1. The molecule has 0 unspecified atom stereocenters. The molecule has 1 saturated heterocycles. The van der Waals surface area contributed by atoms with Crippen LogP contribution in [0.1, 0.15) is 16.3 Å². The zero-order valence-corrected chi connectivity index (χ0v) is 19.5. The molecule has 2 N–H and O–H groups in total. The Bertz CT molecular complexity index is 704. The van der Waals surface area contributed by atoms with Gasteiger partial charge in [-0.15, -0.1) is 35.3 Å². The molecule has 6 nitrogen and oxygen atoms in total. The van der Waals surface area contributed by atoms with Crippen LogP contribution < -0.4 is 10.6 Å². The van der Waals surface area contributed by atoms with E-state index >= 15 is 0 Å². The second-order valence-electron chi connectivity index (χ2n) is 6.52. The third kappa shape index (κ3) is 8.02. The Morgan fingerprint density at radius 2 is 1.96 bits per heavy atom. The molecule has 0 spiro atoms. The molecule has 0 bridgehead atoms. The van der Waals surface area contributed by atoms with Gasteiger partial charge in [-0.2, -0.15) is 0 Å². The summed E-state index contributed by atoms with van der Waals surface area (Å²) < 4.78 is 5.38. The van der Waals surface area contributed by atoms with E-state index in [2.05, 4.69) is 56.2 Å². The lowest BCUT2D eigenvalue weighted by atomic mass is 10.1. The molecule has 2 heterocycles. The van der Waals surface area contributed by atoms with E-state index in [0.717, 1.165) is 63.9 Å². The minimum Gasteiger partial charge on any atom is -0.379 e. The van der Waals surface area contributed by atoms with Gasteiger partial charge in [-0.3, -0.25) is 9.89 Å². The Morgan fingerprint density at radius 1 is 1.18 bits per heavy atom. The molecule has 0 aliphatic carbocycles. The standard InChI is InChI=1S/C20H29N5OS.HI/c1-21-20(22-9-10-25-11-13-26-14-12-25)23-15-18-16-27-19(24-18)8-7-17-5-3-2-4-6-17;/h2-6,16H,7-15H2,1H3,(H2,21,22,23);1H. The van der Waals surface area contributed by atoms with Crippen molar-refractivity contribution in [2.75, 3.05) is 46.4 Å². The molecular weight excluding hydrogens is 485 g/mol. The van der Waals surface area contributed by atoms with E-state index in [1.54, 1.807) is 18.4 Å². The van der Waals surface area contributed by atoms with Gasteiger partial charge in [0.2, 0.25) is 0 Å². The van der Waals surface area contributed by atoms with Crippen LogP contribution >= 0.6 is 35.3 Å². The van der Waals surface area contributed by atoms with Crippen molar-refractivity contribution in [3.05, 3.63) is 52.0 Å². The Kier molecular flexibility index (Phi) is 10.8. The number of hydrogen-bond donors (Lipinski definition) is 2. The molecule has 0 atom stereocenters. The van der Waals surface area contributed by atoms with Crippen molar-refractivity contribution in [3.63, 3.8) is 0 Å². The van der Waals surface area contributed by atoms with Gasteiger partial charge in [-0.05, 0) is 12.0 Å². The van der Waals surface area contributed by atoms with Crippen LogP contribution in [0, 0.1) is 0 Å². The first-order chi connectivity index (χ1) is 13.3. The fourth-order valence-corrected chi connectivity index (χ4v) is 3.79. The first-order valence-corrected chi connectivity index (χ1v) is 10.4. The highest BCUT2D eigenvalue weighted by molar-refractivity contribution is 14.0. The molecule has 3 rings (SSSR count). The summed E-state index contributed by atoms with van der Waals surface area (Å²) >= 11 is 1.73. The molecular formula is C20H30IN5OS. The summed E-state index contributed by atoms with van der Waals surface area (Å²) in [7, 11) is 1.80. The second-order valence-corrected chi connectivity index (χ2v) is 7.47. The molecule has 8 heteroatoms. The molecule has 1 aliphatic rings. The lowest BCUT2D eigenvalue weighted by Crippen LogP contribution is -2.44. The maximum atomic E-state index is 5.38. The smallest absolute Gasteiger partial charge is 0.191 e. The maximum Gasteiger partial charge on any atom is 0.191 e. The first kappa shape index (κ1) is 23.1. The Hall–Kier alpha value is -1.23.